The lowest BCUT2D eigenvalue weighted by molar-refractivity contribution is -0.120. The van der Waals surface area contributed by atoms with Crippen LogP contribution in [0.5, 0.6) is 0 Å². The van der Waals surface area contributed by atoms with Gasteiger partial charge < -0.3 is 11.1 Å². The first kappa shape index (κ1) is 13.6. The molecule has 0 unspecified atom stereocenters. The molecule has 0 fully saturated rings. The van der Waals surface area contributed by atoms with E-state index in [0.29, 0.717) is 5.69 Å². The highest BCUT2D eigenvalue weighted by atomic mass is 16.1. The van der Waals surface area contributed by atoms with E-state index in [4.69, 9.17) is 5.73 Å². The van der Waals surface area contributed by atoms with Crippen LogP contribution in [0.15, 0.2) is 12.1 Å². The van der Waals surface area contributed by atoms with Crippen molar-refractivity contribution in [2.24, 2.45) is 5.92 Å². The SMILES string of the molecule is CCC(CC)C(=O)Nc1cc(C)c(C)cc1N. The third-order valence-corrected chi connectivity index (χ3v) is 3.28. The zero-order valence-corrected chi connectivity index (χ0v) is 11.1. The molecule has 94 valence electrons. The van der Waals surface area contributed by atoms with Crippen molar-refractivity contribution in [1.82, 2.24) is 0 Å². The highest BCUT2D eigenvalue weighted by molar-refractivity contribution is 5.95. The Bertz CT molecular complexity index is 409. The van der Waals surface area contributed by atoms with Crippen molar-refractivity contribution in [2.75, 3.05) is 11.1 Å². The summed E-state index contributed by atoms with van der Waals surface area (Å²) < 4.78 is 0. The van der Waals surface area contributed by atoms with Gasteiger partial charge in [-0.15, -0.1) is 0 Å². The second-order valence-corrected chi connectivity index (χ2v) is 4.53. The van der Waals surface area contributed by atoms with Crippen LogP contribution in [0.25, 0.3) is 0 Å². The Morgan fingerprint density at radius 1 is 1.24 bits per heavy atom. The number of amides is 1. The van der Waals surface area contributed by atoms with Gasteiger partial charge in [-0.2, -0.15) is 0 Å². The number of carbonyl (C=O) groups excluding carboxylic acids is 1. The molecule has 0 bridgehead atoms. The minimum Gasteiger partial charge on any atom is -0.397 e. The Morgan fingerprint density at radius 3 is 2.29 bits per heavy atom. The minimum atomic E-state index is 0.0601. The summed E-state index contributed by atoms with van der Waals surface area (Å²) in [5.41, 5.74) is 9.55. The fourth-order valence-corrected chi connectivity index (χ4v) is 1.84. The maximum Gasteiger partial charge on any atom is 0.227 e. The summed E-state index contributed by atoms with van der Waals surface area (Å²) in [7, 11) is 0. The summed E-state index contributed by atoms with van der Waals surface area (Å²) >= 11 is 0. The molecule has 0 atom stereocenters. The summed E-state index contributed by atoms with van der Waals surface area (Å²) in [4.78, 5) is 12.0. The van der Waals surface area contributed by atoms with Crippen molar-refractivity contribution in [2.45, 2.75) is 40.5 Å². The predicted molar refractivity (Wildman–Crippen MR) is 73.0 cm³/mol. The van der Waals surface area contributed by atoms with E-state index in [1.54, 1.807) is 0 Å². The number of nitrogen functional groups attached to an aromatic ring is 1. The van der Waals surface area contributed by atoms with Gasteiger partial charge in [0, 0.05) is 5.92 Å². The van der Waals surface area contributed by atoms with Crippen LogP contribution in [0, 0.1) is 19.8 Å². The van der Waals surface area contributed by atoms with Gasteiger partial charge in [-0.05, 0) is 49.9 Å². The summed E-state index contributed by atoms with van der Waals surface area (Å²) in [6, 6.07) is 3.84. The van der Waals surface area contributed by atoms with Crippen LogP contribution in [-0.4, -0.2) is 5.91 Å². The Morgan fingerprint density at radius 2 is 1.76 bits per heavy atom. The third-order valence-electron chi connectivity index (χ3n) is 3.28. The van der Waals surface area contributed by atoms with Crippen LogP contribution in [0.2, 0.25) is 0 Å². The second kappa shape index (κ2) is 5.71. The number of carbonyl (C=O) groups is 1. The van der Waals surface area contributed by atoms with Gasteiger partial charge in [-0.3, -0.25) is 4.79 Å². The largest absolute Gasteiger partial charge is 0.397 e. The molecule has 0 radical (unpaired) electrons. The van der Waals surface area contributed by atoms with E-state index in [9.17, 15) is 4.79 Å². The van der Waals surface area contributed by atoms with E-state index >= 15 is 0 Å². The van der Waals surface area contributed by atoms with E-state index in [1.165, 1.54) is 0 Å². The molecule has 0 heterocycles. The molecule has 0 aromatic heterocycles. The van der Waals surface area contributed by atoms with Crippen molar-refractivity contribution in [3.05, 3.63) is 23.3 Å². The fourth-order valence-electron chi connectivity index (χ4n) is 1.84. The zero-order valence-electron chi connectivity index (χ0n) is 11.1. The quantitative estimate of drug-likeness (QED) is 0.786. The molecule has 0 saturated heterocycles. The monoisotopic (exact) mass is 234 g/mol. The molecule has 3 N–H and O–H groups in total. The Hall–Kier alpha value is -1.51. The fraction of sp³-hybridized carbons (Fsp3) is 0.500. The molecule has 17 heavy (non-hydrogen) atoms. The maximum atomic E-state index is 12.0. The van der Waals surface area contributed by atoms with E-state index in [1.807, 2.05) is 39.8 Å². The lowest BCUT2D eigenvalue weighted by Crippen LogP contribution is -2.22. The van der Waals surface area contributed by atoms with Crippen molar-refractivity contribution in [3.8, 4) is 0 Å². The van der Waals surface area contributed by atoms with Crippen molar-refractivity contribution < 1.29 is 4.79 Å². The number of nitrogens with two attached hydrogens (primary N) is 1. The first-order chi connectivity index (χ1) is 7.99. The standard InChI is InChI=1S/C14H22N2O/c1-5-11(6-2)14(17)16-13-8-10(4)9(3)7-12(13)15/h7-8,11H,5-6,15H2,1-4H3,(H,16,17). The highest BCUT2D eigenvalue weighted by Gasteiger charge is 2.15. The number of hydrogen-bond acceptors (Lipinski definition) is 2. The van der Waals surface area contributed by atoms with E-state index < -0.39 is 0 Å². The lowest BCUT2D eigenvalue weighted by Gasteiger charge is -2.15. The van der Waals surface area contributed by atoms with Crippen molar-refractivity contribution >= 4 is 17.3 Å². The average Bonchev–Trinajstić information content (AvgIpc) is 2.27. The molecular weight excluding hydrogens is 212 g/mol. The lowest BCUT2D eigenvalue weighted by atomic mass is 10.0. The Labute approximate surface area is 103 Å². The summed E-state index contributed by atoms with van der Waals surface area (Å²) in [6.45, 7) is 8.08. The van der Waals surface area contributed by atoms with Gasteiger partial charge in [0.1, 0.15) is 0 Å². The van der Waals surface area contributed by atoms with Gasteiger partial charge in [0.05, 0.1) is 11.4 Å². The molecule has 1 aromatic carbocycles. The number of anilines is 2. The molecule has 3 nitrogen and oxygen atoms in total. The van der Waals surface area contributed by atoms with Crippen LogP contribution in [0.1, 0.15) is 37.8 Å². The molecular formula is C14H22N2O. The van der Waals surface area contributed by atoms with Crippen LogP contribution >= 0.6 is 0 Å². The summed E-state index contributed by atoms with van der Waals surface area (Å²) in [5.74, 6) is 0.126. The topological polar surface area (TPSA) is 55.1 Å². The minimum absolute atomic E-state index is 0.0601. The van der Waals surface area contributed by atoms with Crippen molar-refractivity contribution in [1.29, 1.82) is 0 Å². The van der Waals surface area contributed by atoms with Gasteiger partial charge in [-0.1, -0.05) is 13.8 Å². The Balaban J connectivity index is 2.88. The van der Waals surface area contributed by atoms with Gasteiger partial charge in [0.15, 0.2) is 0 Å². The first-order valence-electron chi connectivity index (χ1n) is 6.17. The van der Waals surface area contributed by atoms with Crippen LogP contribution in [0.3, 0.4) is 0 Å². The smallest absolute Gasteiger partial charge is 0.227 e. The summed E-state index contributed by atoms with van der Waals surface area (Å²) in [5, 5.41) is 2.92. The molecule has 0 aliphatic heterocycles. The van der Waals surface area contributed by atoms with E-state index in [0.717, 1.165) is 29.7 Å². The number of hydrogen-bond donors (Lipinski definition) is 2. The second-order valence-electron chi connectivity index (χ2n) is 4.53. The predicted octanol–water partition coefficient (Wildman–Crippen LogP) is 3.26. The number of rotatable bonds is 4. The normalized spacial score (nSPS) is 10.6. The number of aryl methyl sites for hydroxylation is 2. The van der Waals surface area contributed by atoms with Crippen LogP contribution in [0.4, 0.5) is 11.4 Å². The average molecular weight is 234 g/mol. The zero-order chi connectivity index (χ0) is 13.0. The summed E-state index contributed by atoms with van der Waals surface area (Å²) in [6.07, 6.45) is 1.71. The van der Waals surface area contributed by atoms with Gasteiger partial charge >= 0.3 is 0 Å². The first-order valence-corrected chi connectivity index (χ1v) is 6.17. The van der Waals surface area contributed by atoms with Gasteiger partial charge in [-0.25, -0.2) is 0 Å². The molecule has 0 aliphatic rings. The maximum absolute atomic E-state index is 12.0. The van der Waals surface area contributed by atoms with E-state index in [2.05, 4.69) is 5.32 Å². The van der Waals surface area contributed by atoms with Crippen molar-refractivity contribution in [3.63, 3.8) is 0 Å². The van der Waals surface area contributed by atoms with Crippen LogP contribution in [-0.2, 0) is 4.79 Å². The number of nitrogens with one attached hydrogen (secondary N) is 1. The molecule has 0 spiro atoms. The molecule has 3 heteroatoms. The highest BCUT2D eigenvalue weighted by Crippen LogP contribution is 2.24. The molecule has 0 aliphatic carbocycles. The Kier molecular flexibility index (Phi) is 4.55. The molecule has 1 amide bonds. The van der Waals surface area contributed by atoms with Gasteiger partial charge in [0.25, 0.3) is 0 Å². The van der Waals surface area contributed by atoms with Gasteiger partial charge in [0.2, 0.25) is 5.91 Å². The van der Waals surface area contributed by atoms with E-state index in [-0.39, 0.29) is 11.8 Å². The molecule has 1 aromatic rings. The molecule has 1 rings (SSSR count). The number of benzene rings is 1. The van der Waals surface area contributed by atoms with Crippen LogP contribution < -0.4 is 11.1 Å². The molecule has 0 saturated carbocycles. The third kappa shape index (κ3) is 3.22.